The van der Waals surface area contributed by atoms with Crippen molar-refractivity contribution in [3.63, 3.8) is 0 Å². The molecule has 0 bridgehead atoms. The summed E-state index contributed by atoms with van der Waals surface area (Å²) in [4.78, 5) is 33.2. The van der Waals surface area contributed by atoms with Crippen LogP contribution >= 0.6 is 38.5 Å². The topological polar surface area (TPSA) is 174 Å². The van der Waals surface area contributed by atoms with Gasteiger partial charge in [0.2, 0.25) is 0 Å². The largest absolute Gasteiger partial charge is 0.573 e. The van der Waals surface area contributed by atoms with Crippen LogP contribution in [-0.4, -0.2) is 62.9 Å². The van der Waals surface area contributed by atoms with E-state index in [4.69, 9.17) is 11.6 Å². The number of nitrogens with one attached hydrogen (secondary N) is 2. The number of carbonyl (C=O) groups excluding carboxylic acids is 2. The molecule has 13 nitrogen and oxygen atoms in total. The van der Waals surface area contributed by atoms with Crippen LogP contribution in [0.1, 0.15) is 23.0 Å². The van der Waals surface area contributed by atoms with E-state index in [0.29, 0.717) is 24.3 Å². The predicted octanol–water partition coefficient (Wildman–Crippen LogP) is 7.41. The summed E-state index contributed by atoms with van der Waals surface area (Å²) in [6, 6.07) is 4.52. The number of H-pyrrole nitrogens is 1. The number of aromatic amines is 1. The Bertz CT molecular complexity index is 2200. The molecule has 26 heteroatoms. The maximum absolute atomic E-state index is 14.1. The standard InChI is InChI=1S/C27H18BrClF9N5O8S2/c28-14-3-6-21(20(10-14)50-27(36,37)38)52(46,47)43(51-24(45)26(33,34)35)19(23-39-16-4-2-13(25(30,31)32)9-17(16)40-23)8-12-1-5-18(15(29)7-12)42-11-22(44)41-53(42,48)49/h1-7,9-10,19,48-49H,8,11H2,(H,39,40)(H,41,44). The van der Waals surface area contributed by atoms with E-state index in [1.807, 2.05) is 4.72 Å². The van der Waals surface area contributed by atoms with Crippen molar-refractivity contribution in [2.75, 3.05) is 10.8 Å². The average Bonchev–Trinajstić information content (AvgIpc) is 3.55. The Morgan fingerprint density at radius 2 is 1.72 bits per heavy atom. The summed E-state index contributed by atoms with van der Waals surface area (Å²) in [5.41, 5.74) is -2.36. The summed E-state index contributed by atoms with van der Waals surface area (Å²) < 4.78 is 176. The molecular formula is C27H18BrClF9N5O8S2. The molecule has 4 N–H and O–H groups in total. The highest BCUT2D eigenvalue weighted by Gasteiger charge is 2.48. The second kappa shape index (κ2) is 14.0. The molecule has 1 aliphatic rings. The van der Waals surface area contributed by atoms with Gasteiger partial charge in [0, 0.05) is 4.47 Å². The summed E-state index contributed by atoms with van der Waals surface area (Å²) in [6.45, 7) is -0.599. The van der Waals surface area contributed by atoms with Gasteiger partial charge in [0.15, 0.2) is 5.75 Å². The minimum Gasteiger partial charge on any atom is -0.404 e. The van der Waals surface area contributed by atoms with Gasteiger partial charge < -0.3 is 14.6 Å². The smallest absolute Gasteiger partial charge is 0.404 e. The molecule has 4 aromatic rings. The van der Waals surface area contributed by atoms with Gasteiger partial charge in [0.25, 0.3) is 15.9 Å². The molecule has 1 atom stereocenters. The van der Waals surface area contributed by atoms with Crippen molar-refractivity contribution in [1.82, 2.24) is 19.2 Å². The number of carbonyl (C=O) groups is 2. The van der Waals surface area contributed by atoms with Crippen LogP contribution in [0.4, 0.5) is 45.2 Å². The van der Waals surface area contributed by atoms with Crippen molar-refractivity contribution >= 4 is 77.1 Å². The normalized spacial score (nSPS) is 16.5. The van der Waals surface area contributed by atoms with Crippen LogP contribution in [0, 0.1) is 0 Å². The Balaban J connectivity index is 1.72. The lowest BCUT2D eigenvalue weighted by Gasteiger charge is -2.36. The number of fused-ring (bicyclic) bond motifs is 1. The maximum atomic E-state index is 14.1. The van der Waals surface area contributed by atoms with Gasteiger partial charge in [-0.3, -0.25) is 13.9 Å². The van der Waals surface area contributed by atoms with Crippen molar-refractivity contribution < 1.29 is 76.2 Å². The molecule has 1 saturated heterocycles. The van der Waals surface area contributed by atoms with E-state index in [1.165, 1.54) is 0 Å². The zero-order valence-corrected chi connectivity index (χ0v) is 29.3. The van der Waals surface area contributed by atoms with Crippen LogP contribution in [0.15, 0.2) is 64.0 Å². The average molecular weight is 891 g/mol. The van der Waals surface area contributed by atoms with Crippen LogP contribution in [0.2, 0.25) is 5.02 Å². The molecule has 1 aliphatic heterocycles. The van der Waals surface area contributed by atoms with E-state index < -0.39 is 103 Å². The SMILES string of the molecule is O=C1CN(c2ccc(CC(c3nc4ccc(C(F)(F)F)cc4[nH]3)N(OC(=O)C(F)(F)F)S(=O)(=O)c3ccc(Br)cc3OC(F)(F)F)cc2Cl)S(O)(O)N1. The van der Waals surface area contributed by atoms with Crippen LogP contribution in [0.25, 0.3) is 11.0 Å². The molecule has 5 rings (SSSR count). The molecule has 2 heterocycles. The number of amides is 1. The number of halogens is 11. The fourth-order valence-electron chi connectivity index (χ4n) is 4.83. The van der Waals surface area contributed by atoms with Crippen molar-refractivity contribution in [2.24, 2.45) is 0 Å². The number of alkyl halides is 9. The molecule has 3 aromatic carbocycles. The third kappa shape index (κ3) is 8.87. The Morgan fingerprint density at radius 3 is 2.28 bits per heavy atom. The van der Waals surface area contributed by atoms with Gasteiger partial charge in [-0.15, -0.1) is 13.2 Å². The lowest BCUT2D eigenvalue weighted by molar-refractivity contribution is -0.275. The van der Waals surface area contributed by atoms with Crippen LogP contribution in [0.3, 0.4) is 0 Å². The zero-order valence-electron chi connectivity index (χ0n) is 25.3. The molecular weight excluding hydrogens is 873 g/mol. The fraction of sp³-hybridized carbons (Fsp3) is 0.222. The molecule has 1 unspecified atom stereocenters. The molecule has 0 aliphatic carbocycles. The number of hydroxylamine groups is 1. The lowest BCUT2D eigenvalue weighted by Crippen LogP contribution is -2.42. The van der Waals surface area contributed by atoms with Gasteiger partial charge in [0.1, 0.15) is 23.3 Å². The van der Waals surface area contributed by atoms with Gasteiger partial charge >= 0.3 is 24.7 Å². The monoisotopic (exact) mass is 889 g/mol. The van der Waals surface area contributed by atoms with E-state index in [9.17, 15) is 66.6 Å². The van der Waals surface area contributed by atoms with E-state index in [-0.39, 0.29) is 26.3 Å². The van der Waals surface area contributed by atoms with Crippen molar-refractivity contribution in [3.8, 4) is 5.75 Å². The number of anilines is 1. The third-order valence-corrected chi connectivity index (χ3v) is 10.9. The molecule has 1 fully saturated rings. The van der Waals surface area contributed by atoms with Gasteiger partial charge in [0.05, 0.1) is 27.3 Å². The number of benzene rings is 3. The highest BCUT2D eigenvalue weighted by Crippen LogP contribution is 2.48. The Morgan fingerprint density at radius 1 is 1.04 bits per heavy atom. The minimum atomic E-state index is -5.92. The summed E-state index contributed by atoms with van der Waals surface area (Å²) in [6.07, 6.45) is -17.3. The molecule has 288 valence electrons. The maximum Gasteiger partial charge on any atom is 0.573 e. The highest BCUT2D eigenvalue weighted by atomic mass is 79.9. The molecule has 1 amide bonds. The first-order valence-corrected chi connectivity index (χ1v) is 18.0. The van der Waals surface area contributed by atoms with Gasteiger partial charge in [-0.1, -0.05) is 33.6 Å². The van der Waals surface area contributed by atoms with E-state index in [1.54, 1.807) is 0 Å². The van der Waals surface area contributed by atoms with E-state index >= 15 is 0 Å². The first-order valence-electron chi connectivity index (χ1n) is 13.9. The number of aromatic nitrogens is 2. The van der Waals surface area contributed by atoms with E-state index in [2.05, 4.69) is 35.5 Å². The zero-order chi connectivity index (χ0) is 39.5. The number of ether oxygens (including phenoxy) is 1. The van der Waals surface area contributed by atoms with Gasteiger partial charge in [-0.05, 0) is 75.9 Å². The molecule has 0 saturated carbocycles. The van der Waals surface area contributed by atoms with Crippen LogP contribution in [-0.2, 0) is 37.0 Å². The summed E-state index contributed by atoms with van der Waals surface area (Å²) >= 11 is 9.15. The lowest BCUT2D eigenvalue weighted by atomic mass is 10.1. The van der Waals surface area contributed by atoms with Gasteiger partial charge in [-0.25, -0.2) is 27.2 Å². The minimum absolute atomic E-state index is 0.166. The Kier molecular flexibility index (Phi) is 10.6. The van der Waals surface area contributed by atoms with Gasteiger partial charge in [-0.2, -0.15) is 26.3 Å². The number of imidazole rings is 1. The second-order valence-corrected chi connectivity index (χ2v) is 15.5. The first kappa shape index (κ1) is 40.2. The summed E-state index contributed by atoms with van der Waals surface area (Å²) in [5.74, 6) is -6.30. The Labute approximate surface area is 305 Å². The van der Waals surface area contributed by atoms with Crippen molar-refractivity contribution in [2.45, 2.75) is 36.1 Å². The quantitative estimate of drug-likeness (QED) is 0.0979. The second-order valence-electron chi connectivity index (χ2n) is 10.7. The van der Waals surface area contributed by atoms with Crippen LogP contribution in [0.5, 0.6) is 5.75 Å². The number of hydrogen-bond acceptors (Lipinski definition) is 10. The Hall–Kier alpha value is -4.01. The van der Waals surface area contributed by atoms with Crippen molar-refractivity contribution in [1.29, 1.82) is 0 Å². The summed E-state index contributed by atoms with van der Waals surface area (Å²) in [5, 5.41) is -0.368. The molecule has 53 heavy (non-hydrogen) atoms. The molecule has 0 radical (unpaired) electrons. The highest BCUT2D eigenvalue weighted by molar-refractivity contribution is 9.10. The first-order chi connectivity index (χ1) is 24.3. The third-order valence-electron chi connectivity index (χ3n) is 7.00. The van der Waals surface area contributed by atoms with Crippen LogP contribution < -0.4 is 13.8 Å². The fourth-order valence-corrected chi connectivity index (χ4v) is 8.20. The summed E-state index contributed by atoms with van der Waals surface area (Å²) in [7, 11) is -9.83. The van der Waals surface area contributed by atoms with E-state index in [0.717, 1.165) is 34.6 Å². The number of nitrogens with zero attached hydrogens (tertiary/aromatic N) is 3. The number of rotatable bonds is 9. The van der Waals surface area contributed by atoms with Crippen molar-refractivity contribution in [3.05, 3.63) is 81.0 Å². The molecule has 0 spiro atoms. The number of hydrogen-bond donors (Lipinski definition) is 4. The molecule has 1 aromatic heterocycles. The number of sulfonamides is 1. The predicted molar refractivity (Wildman–Crippen MR) is 169 cm³/mol.